The van der Waals surface area contributed by atoms with E-state index in [0.29, 0.717) is 6.61 Å². The normalized spacial score (nSPS) is 22.6. The molecule has 180 valence electrons. The molecule has 0 saturated carbocycles. The maximum absolute atomic E-state index is 9.90. The smallest absolute Gasteiger partial charge is 0.114 e. The fourth-order valence-electron chi connectivity index (χ4n) is 4.30. The van der Waals surface area contributed by atoms with Crippen LogP contribution in [0, 0.1) is 0 Å². The zero-order valence-electron chi connectivity index (χ0n) is 19.6. The Bertz CT molecular complexity index is 365. The van der Waals surface area contributed by atoms with Gasteiger partial charge < -0.3 is 24.8 Å². The minimum absolute atomic E-state index is 0.158. The highest BCUT2D eigenvalue weighted by atomic mass is 16.6. The van der Waals surface area contributed by atoms with Crippen molar-refractivity contribution in [3.63, 3.8) is 0 Å². The molecular weight excluding hydrogens is 380 g/mol. The maximum Gasteiger partial charge on any atom is 0.114 e. The minimum atomic E-state index is -0.998. The lowest BCUT2D eigenvalue weighted by atomic mass is 10.0. The van der Waals surface area contributed by atoms with Crippen molar-refractivity contribution < 1.29 is 24.8 Å². The number of hydrogen-bond donors (Lipinski definition) is 3. The minimum Gasteiger partial charge on any atom is -0.394 e. The van der Waals surface area contributed by atoms with E-state index in [1.54, 1.807) is 0 Å². The Balaban J connectivity index is 1.80. The molecule has 1 heterocycles. The standard InChI is InChI=1S/C25H50O5/c1-2-3-4-5-6-7-8-9-10-11-12-13-14-15-16-17-18-19-29-25-23(28)21-30-24(25)22(27)20-26/h22-28H,2-21H2,1H3/t22-,23+,24+,25+/m0/s1. The van der Waals surface area contributed by atoms with Crippen LogP contribution in [-0.4, -0.2) is 59.6 Å². The van der Waals surface area contributed by atoms with Gasteiger partial charge in [0, 0.05) is 6.61 Å². The van der Waals surface area contributed by atoms with Crippen LogP contribution < -0.4 is 0 Å². The van der Waals surface area contributed by atoms with E-state index < -0.39 is 24.4 Å². The molecule has 0 radical (unpaired) electrons. The number of aliphatic hydroxyl groups is 3. The summed E-state index contributed by atoms with van der Waals surface area (Å²) < 4.78 is 11.1. The van der Waals surface area contributed by atoms with Crippen molar-refractivity contribution in [2.45, 2.75) is 140 Å². The maximum atomic E-state index is 9.90. The fraction of sp³-hybridized carbons (Fsp3) is 1.00. The molecular formula is C25H50O5. The molecule has 4 atom stereocenters. The molecule has 5 nitrogen and oxygen atoms in total. The summed E-state index contributed by atoms with van der Waals surface area (Å²) in [5.41, 5.74) is 0. The number of ether oxygens (including phenoxy) is 2. The van der Waals surface area contributed by atoms with Crippen LogP contribution in [0.5, 0.6) is 0 Å². The van der Waals surface area contributed by atoms with E-state index in [0.717, 1.165) is 12.8 Å². The summed E-state index contributed by atoms with van der Waals surface area (Å²) in [5, 5.41) is 28.7. The number of aliphatic hydroxyl groups excluding tert-OH is 3. The van der Waals surface area contributed by atoms with E-state index in [-0.39, 0.29) is 13.2 Å². The average molecular weight is 431 g/mol. The summed E-state index contributed by atoms with van der Waals surface area (Å²) in [4.78, 5) is 0. The lowest BCUT2D eigenvalue weighted by Gasteiger charge is -2.23. The van der Waals surface area contributed by atoms with Crippen LogP contribution in [0.4, 0.5) is 0 Å². The van der Waals surface area contributed by atoms with Crippen LogP contribution in [0.2, 0.25) is 0 Å². The molecule has 1 rings (SSSR count). The molecule has 0 aliphatic carbocycles. The predicted octanol–water partition coefficient (Wildman–Crippen LogP) is 5.14. The molecule has 0 aromatic rings. The highest BCUT2D eigenvalue weighted by Gasteiger charge is 2.40. The topological polar surface area (TPSA) is 79.2 Å². The Morgan fingerprint density at radius 1 is 0.767 bits per heavy atom. The SMILES string of the molecule is CCCCCCCCCCCCCCCCCCCO[C@H]1[C@@H]([C@@H](O)CO)OC[C@H]1O. The van der Waals surface area contributed by atoms with Crippen LogP contribution in [0.25, 0.3) is 0 Å². The molecule has 5 heteroatoms. The lowest BCUT2D eigenvalue weighted by molar-refractivity contribution is -0.0938. The molecule has 0 aromatic carbocycles. The number of hydrogen-bond acceptors (Lipinski definition) is 5. The van der Waals surface area contributed by atoms with Crippen molar-refractivity contribution in [2.75, 3.05) is 19.8 Å². The van der Waals surface area contributed by atoms with Crippen LogP contribution in [-0.2, 0) is 9.47 Å². The Morgan fingerprint density at radius 2 is 1.20 bits per heavy atom. The second-order valence-electron chi connectivity index (χ2n) is 9.11. The van der Waals surface area contributed by atoms with E-state index >= 15 is 0 Å². The molecule has 0 unspecified atom stereocenters. The molecule has 1 aliphatic heterocycles. The Kier molecular flexibility index (Phi) is 18.1. The first kappa shape index (κ1) is 27.8. The van der Waals surface area contributed by atoms with Crippen molar-refractivity contribution in [1.29, 1.82) is 0 Å². The Labute approximate surface area is 185 Å². The molecule has 1 saturated heterocycles. The summed E-state index contributed by atoms with van der Waals surface area (Å²) in [6, 6.07) is 0. The molecule has 30 heavy (non-hydrogen) atoms. The molecule has 3 N–H and O–H groups in total. The Hall–Kier alpha value is -0.200. The molecule has 0 aromatic heterocycles. The van der Waals surface area contributed by atoms with Gasteiger partial charge in [-0.1, -0.05) is 110 Å². The van der Waals surface area contributed by atoms with E-state index in [9.17, 15) is 10.2 Å². The van der Waals surface area contributed by atoms with E-state index in [2.05, 4.69) is 6.92 Å². The third-order valence-corrected chi connectivity index (χ3v) is 6.29. The van der Waals surface area contributed by atoms with E-state index in [1.807, 2.05) is 0 Å². The van der Waals surface area contributed by atoms with Gasteiger partial charge in [0.25, 0.3) is 0 Å². The highest BCUT2D eigenvalue weighted by Crippen LogP contribution is 2.21. The third kappa shape index (κ3) is 13.3. The molecule has 0 spiro atoms. The van der Waals surface area contributed by atoms with Crippen LogP contribution >= 0.6 is 0 Å². The van der Waals surface area contributed by atoms with Gasteiger partial charge in [0.2, 0.25) is 0 Å². The summed E-state index contributed by atoms with van der Waals surface area (Å²) in [7, 11) is 0. The lowest BCUT2D eigenvalue weighted by Crippen LogP contribution is -2.42. The summed E-state index contributed by atoms with van der Waals surface area (Å²) >= 11 is 0. The van der Waals surface area contributed by atoms with E-state index in [1.165, 1.54) is 96.3 Å². The first-order valence-corrected chi connectivity index (χ1v) is 12.9. The van der Waals surface area contributed by atoms with Crippen LogP contribution in [0.1, 0.15) is 116 Å². The van der Waals surface area contributed by atoms with Crippen LogP contribution in [0.15, 0.2) is 0 Å². The monoisotopic (exact) mass is 430 g/mol. The zero-order valence-corrected chi connectivity index (χ0v) is 19.6. The van der Waals surface area contributed by atoms with Gasteiger partial charge in [0.1, 0.15) is 24.4 Å². The second kappa shape index (κ2) is 19.5. The third-order valence-electron chi connectivity index (χ3n) is 6.29. The molecule has 1 aliphatic rings. The first-order valence-electron chi connectivity index (χ1n) is 12.9. The quantitative estimate of drug-likeness (QED) is 0.220. The van der Waals surface area contributed by atoms with Gasteiger partial charge in [0.05, 0.1) is 13.2 Å². The van der Waals surface area contributed by atoms with Crippen molar-refractivity contribution in [3.8, 4) is 0 Å². The number of unbranched alkanes of at least 4 members (excludes halogenated alkanes) is 16. The van der Waals surface area contributed by atoms with Gasteiger partial charge in [-0.05, 0) is 6.42 Å². The summed E-state index contributed by atoms with van der Waals surface area (Å²) in [6.45, 7) is 2.62. The highest BCUT2D eigenvalue weighted by molar-refractivity contribution is 4.89. The Morgan fingerprint density at radius 3 is 1.63 bits per heavy atom. The van der Waals surface area contributed by atoms with Gasteiger partial charge in [-0.15, -0.1) is 0 Å². The van der Waals surface area contributed by atoms with E-state index in [4.69, 9.17) is 14.6 Å². The predicted molar refractivity (Wildman–Crippen MR) is 123 cm³/mol. The van der Waals surface area contributed by atoms with Gasteiger partial charge in [-0.25, -0.2) is 0 Å². The first-order chi connectivity index (χ1) is 14.7. The second-order valence-corrected chi connectivity index (χ2v) is 9.11. The van der Waals surface area contributed by atoms with Gasteiger partial charge in [-0.3, -0.25) is 0 Å². The largest absolute Gasteiger partial charge is 0.394 e. The van der Waals surface area contributed by atoms with Crippen molar-refractivity contribution in [2.24, 2.45) is 0 Å². The van der Waals surface area contributed by atoms with Crippen molar-refractivity contribution in [3.05, 3.63) is 0 Å². The molecule has 0 bridgehead atoms. The zero-order chi connectivity index (χ0) is 21.9. The summed E-state index contributed by atoms with van der Waals surface area (Å²) in [5.74, 6) is 0. The van der Waals surface area contributed by atoms with Gasteiger partial charge >= 0.3 is 0 Å². The van der Waals surface area contributed by atoms with Gasteiger partial charge in [-0.2, -0.15) is 0 Å². The van der Waals surface area contributed by atoms with Crippen LogP contribution in [0.3, 0.4) is 0 Å². The molecule has 1 fully saturated rings. The van der Waals surface area contributed by atoms with Crippen molar-refractivity contribution in [1.82, 2.24) is 0 Å². The number of rotatable bonds is 21. The average Bonchev–Trinajstić information content (AvgIpc) is 3.12. The van der Waals surface area contributed by atoms with Gasteiger partial charge in [0.15, 0.2) is 0 Å². The molecule has 0 amide bonds. The fourth-order valence-corrected chi connectivity index (χ4v) is 4.30. The summed E-state index contributed by atoms with van der Waals surface area (Å²) in [6.07, 6.45) is 20.0. The van der Waals surface area contributed by atoms with Crippen molar-refractivity contribution >= 4 is 0 Å².